The van der Waals surface area contributed by atoms with Crippen LogP contribution >= 0.6 is 11.6 Å². The lowest BCUT2D eigenvalue weighted by Crippen LogP contribution is -2.31. The van der Waals surface area contributed by atoms with Gasteiger partial charge in [0, 0.05) is 18.3 Å². The average molecular weight is 301 g/mol. The maximum absolute atomic E-state index is 12.0. The molecule has 1 aromatic heterocycles. The highest BCUT2D eigenvalue weighted by Gasteiger charge is 2.10. The van der Waals surface area contributed by atoms with Crippen molar-refractivity contribution in [2.45, 2.75) is 0 Å². The Hall–Kier alpha value is -2.58. The summed E-state index contributed by atoms with van der Waals surface area (Å²) in [6.07, 6.45) is 8.28. The first-order chi connectivity index (χ1) is 10.1. The van der Waals surface area contributed by atoms with E-state index in [1.165, 1.54) is 12.4 Å². The molecule has 21 heavy (non-hydrogen) atoms. The molecule has 0 saturated carbocycles. The molecule has 0 aliphatic rings. The molecule has 5 nitrogen and oxygen atoms in total. The van der Waals surface area contributed by atoms with Gasteiger partial charge in [-0.05, 0) is 18.2 Å². The van der Waals surface area contributed by atoms with Gasteiger partial charge < -0.3 is 10.2 Å². The normalized spacial score (nSPS) is 9.76. The van der Waals surface area contributed by atoms with Crippen LogP contribution in [-0.4, -0.2) is 29.5 Å². The maximum atomic E-state index is 12.0. The maximum Gasteiger partial charge on any atom is 0.243 e. The van der Waals surface area contributed by atoms with E-state index in [2.05, 4.69) is 21.2 Å². The van der Waals surface area contributed by atoms with Crippen LogP contribution in [0.15, 0.2) is 36.7 Å². The Balaban J connectivity index is 1.98. The standard InChI is InChI=1S/C15H13ClN4O/c1-3-11-5-4-6-13(7-11)19-14(21)10-20(2)15-17-8-12(16)9-18-15/h1,4-9H,10H2,2H3,(H,19,21). The monoisotopic (exact) mass is 300 g/mol. The number of amides is 1. The molecule has 0 aliphatic carbocycles. The van der Waals surface area contributed by atoms with Gasteiger partial charge in [-0.3, -0.25) is 4.79 Å². The van der Waals surface area contributed by atoms with Crippen molar-refractivity contribution in [2.75, 3.05) is 23.8 Å². The zero-order valence-electron chi connectivity index (χ0n) is 11.4. The Morgan fingerprint density at radius 2 is 2.14 bits per heavy atom. The molecule has 0 spiro atoms. The highest BCUT2D eigenvalue weighted by Crippen LogP contribution is 2.11. The molecular formula is C15H13ClN4O. The van der Waals surface area contributed by atoms with Crippen LogP contribution in [0.25, 0.3) is 0 Å². The van der Waals surface area contributed by atoms with E-state index in [0.717, 1.165) is 0 Å². The van der Waals surface area contributed by atoms with Gasteiger partial charge in [0.15, 0.2) is 0 Å². The number of hydrogen-bond donors (Lipinski definition) is 1. The quantitative estimate of drug-likeness (QED) is 0.879. The largest absolute Gasteiger partial charge is 0.335 e. The Labute approximate surface area is 128 Å². The number of anilines is 2. The Kier molecular flexibility index (Phi) is 4.75. The number of halogens is 1. The molecular weight excluding hydrogens is 288 g/mol. The van der Waals surface area contributed by atoms with E-state index in [9.17, 15) is 4.79 Å². The van der Waals surface area contributed by atoms with Gasteiger partial charge in [-0.15, -0.1) is 6.42 Å². The minimum absolute atomic E-state index is 0.113. The summed E-state index contributed by atoms with van der Waals surface area (Å²) in [4.78, 5) is 21.7. The highest BCUT2D eigenvalue weighted by atomic mass is 35.5. The molecule has 1 aromatic carbocycles. The zero-order valence-corrected chi connectivity index (χ0v) is 12.1. The summed E-state index contributed by atoms with van der Waals surface area (Å²) in [6.45, 7) is 0.113. The van der Waals surface area contributed by atoms with Gasteiger partial charge in [0.1, 0.15) is 0 Å². The van der Waals surface area contributed by atoms with E-state index in [4.69, 9.17) is 18.0 Å². The number of nitrogens with zero attached hydrogens (tertiary/aromatic N) is 3. The third kappa shape index (κ3) is 4.20. The first-order valence-electron chi connectivity index (χ1n) is 6.13. The van der Waals surface area contributed by atoms with Crippen LogP contribution < -0.4 is 10.2 Å². The topological polar surface area (TPSA) is 58.1 Å². The molecule has 0 radical (unpaired) electrons. The summed E-state index contributed by atoms with van der Waals surface area (Å²) in [7, 11) is 1.72. The van der Waals surface area contributed by atoms with E-state index in [0.29, 0.717) is 22.2 Å². The van der Waals surface area contributed by atoms with Crippen molar-refractivity contribution in [1.82, 2.24) is 9.97 Å². The average Bonchev–Trinajstić information content (AvgIpc) is 2.47. The van der Waals surface area contributed by atoms with Gasteiger partial charge in [0.2, 0.25) is 11.9 Å². The number of carbonyl (C=O) groups excluding carboxylic acids is 1. The Morgan fingerprint density at radius 3 is 2.81 bits per heavy atom. The summed E-state index contributed by atoms with van der Waals surface area (Å²) < 4.78 is 0. The number of benzene rings is 1. The predicted octanol–water partition coefficient (Wildman–Crippen LogP) is 2.19. The molecule has 0 bridgehead atoms. The number of aromatic nitrogens is 2. The fourth-order valence-electron chi connectivity index (χ4n) is 1.68. The lowest BCUT2D eigenvalue weighted by Gasteiger charge is -2.16. The van der Waals surface area contributed by atoms with Crippen molar-refractivity contribution in [2.24, 2.45) is 0 Å². The second kappa shape index (κ2) is 6.73. The van der Waals surface area contributed by atoms with E-state index >= 15 is 0 Å². The summed E-state index contributed by atoms with van der Waals surface area (Å²) >= 11 is 5.72. The number of terminal acetylenes is 1. The summed E-state index contributed by atoms with van der Waals surface area (Å²) in [5, 5.41) is 3.22. The van der Waals surface area contributed by atoms with E-state index in [1.54, 1.807) is 36.2 Å². The van der Waals surface area contributed by atoms with Crippen LogP contribution in [0, 0.1) is 12.3 Å². The molecule has 0 unspecified atom stereocenters. The van der Waals surface area contributed by atoms with Crippen LogP contribution in [0.3, 0.4) is 0 Å². The third-order valence-electron chi connectivity index (χ3n) is 2.64. The van der Waals surface area contributed by atoms with Crippen molar-refractivity contribution in [3.63, 3.8) is 0 Å². The second-order valence-electron chi connectivity index (χ2n) is 4.33. The van der Waals surface area contributed by atoms with Gasteiger partial charge in [0.25, 0.3) is 0 Å². The number of rotatable bonds is 4. The van der Waals surface area contributed by atoms with Crippen LogP contribution in [0.1, 0.15) is 5.56 Å². The van der Waals surface area contributed by atoms with Crippen molar-refractivity contribution < 1.29 is 4.79 Å². The molecule has 6 heteroatoms. The van der Waals surface area contributed by atoms with Crippen molar-refractivity contribution >= 4 is 29.1 Å². The van der Waals surface area contributed by atoms with Crippen LogP contribution in [-0.2, 0) is 4.79 Å². The van der Waals surface area contributed by atoms with Crippen LogP contribution in [0.2, 0.25) is 5.02 Å². The van der Waals surface area contributed by atoms with Gasteiger partial charge in [0.05, 0.1) is 24.0 Å². The first-order valence-corrected chi connectivity index (χ1v) is 6.51. The summed E-state index contributed by atoms with van der Waals surface area (Å²) in [5.74, 6) is 2.75. The summed E-state index contributed by atoms with van der Waals surface area (Å²) in [5.41, 5.74) is 1.36. The first kappa shape index (κ1) is 14.8. The molecule has 2 aromatic rings. The molecule has 2 rings (SSSR count). The number of carbonyl (C=O) groups is 1. The lowest BCUT2D eigenvalue weighted by molar-refractivity contribution is -0.114. The van der Waals surface area contributed by atoms with E-state index in [-0.39, 0.29) is 12.5 Å². The Morgan fingerprint density at radius 1 is 1.43 bits per heavy atom. The molecule has 0 aliphatic heterocycles. The smallest absolute Gasteiger partial charge is 0.243 e. The number of nitrogens with one attached hydrogen (secondary N) is 1. The highest BCUT2D eigenvalue weighted by molar-refractivity contribution is 6.30. The molecule has 1 heterocycles. The Bertz CT molecular complexity index is 679. The minimum atomic E-state index is -0.190. The van der Waals surface area contributed by atoms with Gasteiger partial charge in [-0.1, -0.05) is 23.6 Å². The minimum Gasteiger partial charge on any atom is -0.335 e. The molecule has 0 fully saturated rings. The fraction of sp³-hybridized carbons (Fsp3) is 0.133. The van der Waals surface area contributed by atoms with Gasteiger partial charge in [-0.25, -0.2) is 9.97 Å². The number of likely N-dealkylation sites (N-methyl/N-ethyl adjacent to an activating group) is 1. The molecule has 0 atom stereocenters. The van der Waals surface area contributed by atoms with Gasteiger partial charge >= 0.3 is 0 Å². The number of hydrogen-bond acceptors (Lipinski definition) is 4. The second-order valence-corrected chi connectivity index (χ2v) is 4.77. The van der Waals surface area contributed by atoms with Crippen molar-refractivity contribution in [3.05, 3.63) is 47.2 Å². The molecule has 1 N–H and O–H groups in total. The molecule has 0 saturated heterocycles. The predicted molar refractivity (Wildman–Crippen MR) is 83.3 cm³/mol. The SMILES string of the molecule is C#Cc1cccc(NC(=O)CN(C)c2ncc(Cl)cn2)c1. The van der Waals surface area contributed by atoms with E-state index in [1.807, 2.05) is 0 Å². The summed E-state index contributed by atoms with van der Waals surface area (Å²) in [6, 6.07) is 7.09. The van der Waals surface area contributed by atoms with Crippen molar-refractivity contribution in [3.8, 4) is 12.3 Å². The zero-order chi connectivity index (χ0) is 15.2. The van der Waals surface area contributed by atoms with Crippen molar-refractivity contribution in [1.29, 1.82) is 0 Å². The fourth-order valence-corrected chi connectivity index (χ4v) is 1.77. The lowest BCUT2D eigenvalue weighted by atomic mass is 10.2. The molecule has 106 valence electrons. The third-order valence-corrected chi connectivity index (χ3v) is 2.84. The van der Waals surface area contributed by atoms with Crippen LogP contribution in [0.5, 0.6) is 0 Å². The van der Waals surface area contributed by atoms with Gasteiger partial charge in [-0.2, -0.15) is 0 Å². The van der Waals surface area contributed by atoms with Crippen LogP contribution in [0.4, 0.5) is 11.6 Å². The van der Waals surface area contributed by atoms with E-state index < -0.39 is 0 Å². The molecule has 1 amide bonds.